The van der Waals surface area contributed by atoms with Gasteiger partial charge >= 0.3 is 15.2 Å². The van der Waals surface area contributed by atoms with E-state index in [0.29, 0.717) is 34.9 Å². The fraction of sp³-hybridized carbons (Fsp3) is 0. The van der Waals surface area contributed by atoms with Gasteiger partial charge in [0.2, 0.25) is 0 Å². The molecule has 0 radical (unpaired) electrons. The molecule has 0 saturated carbocycles. The highest BCUT2D eigenvalue weighted by atomic mass is 31.2. The van der Waals surface area contributed by atoms with Crippen molar-refractivity contribution in [2.24, 2.45) is 0 Å². The number of nitrogens with one attached hydrogen (secondary N) is 6. The van der Waals surface area contributed by atoms with Crippen LogP contribution in [0, 0.1) is 0 Å². The first-order valence-corrected chi connectivity index (χ1v) is 17.2. The van der Waals surface area contributed by atoms with Gasteiger partial charge in [0.15, 0.2) is 0 Å². The maximum absolute atomic E-state index is 13.3. The Bertz CT molecular complexity index is 1490. The Morgan fingerprint density at radius 3 is 0.609 bits per heavy atom. The standard InChI is InChI=1S/2C15H15N6OP/c2*22-23(19-13-7-1-4-10-16-13,20-14-8-2-5-11-17-14)21-15-9-3-6-12-18-15/h2*1-12H,(H3,16,17,18,19,20,21,22). The van der Waals surface area contributed by atoms with Crippen LogP contribution in [0.3, 0.4) is 0 Å². The minimum atomic E-state index is -3.32. The number of rotatable bonds is 12. The smallest absolute Gasteiger partial charge is 0.288 e. The molecule has 0 fully saturated rings. The number of anilines is 6. The predicted molar refractivity (Wildman–Crippen MR) is 182 cm³/mol. The van der Waals surface area contributed by atoms with E-state index in [1.165, 1.54) is 0 Å². The molecular weight excluding hydrogens is 622 g/mol. The molecule has 6 N–H and O–H groups in total. The van der Waals surface area contributed by atoms with Crippen molar-refractivity contribution in [3.05, 3.63) is 146 Å². The summed E-state index contributed by atoms with van der Waals surface area (Å²) in [6, 6.07) is 31.9. The monoisotopic (exact) mass is 652 g/mol. The van der Waals surface area contributed by atoms with Crippen LogP contribution in [0.4, 0.5) is 34.9 Å². The van der Waals surface area contributed by atoms with E-state index in [-0.39, 0.29) is 0 Å². The van der Waals surface area contributed by atoms with Crippen molar-refractivity contribution in [3.63, 3.8) is 0 Å². The highest BCUT2D eigenvalue weighted by molar-refractivity contribution is 7.68. The summed E-state index contributed by atoms with van der Waals surface area (Å²) in [5.74, 6) is 2.85. The Morgan fingerprint density at radius 2 is 0.478 bits per heavy atom. The Labute approximate surface area is 265 Å². The SMILES string of the molecule is O=P(Nc1ccccn1)(Nc1ccccn1)Nc1ccccn1.O=P(Nc1ccccn1)(Nc1ccccn1)Nc1ccccn1. The summed E-state index contributed by atoms with van der Waals surface area (Å²) in [5.41, 5.74) is 0. The van der Waals surface area contributed by atoms with Crippen molar-refractivity contribution in [2.45, 2.75) is 0 Å². The predicted octanol–water partition coefficient (Wildman–Crippen LogP) is 7.23. The topological polar surface area (TPSA) is 184 Å². The molecular formula is C30H30N12O2P2. The number of nitrogens with zero attached hydrogens (tertiary/aromatic N) is 6. The number of hydrogen-bond acceptors (Lipinski definition) is 8. The highest BCUT2D eigenvalue weighted by Gasteiger charge is 2.25. The highest BCUT2D eigenvalue weighted by Crippen LogP contribution is 2.45. The van der Waals surface area contributed by atoms with E-state index < -0.39 is 15.2 Å². The van der Waals surface area contributed by atoms with E-state index in [2.05, 4.69) is 60.4 Å². The zero-order valence-corrected chi connectivity index (χ0v) is 26.0. The molecule has 0 amide bonds. The summed E-state index contributed by atoms with van der Waals surface area (Å²) in [7, 11) is -6.65. The van der Waals surface area contributed by atoms with Gasteiger partial charge in [0, 0.05) is 37.2 Å². The van der Waals surface area contributed by atoms with E-state index in [1.807, 2.05) is 0 Å². The van der Waals surface area contributed by atoms with E-state index in [4.69, 9.17) is 0 Å². The van der Waals surface area contributed by atoms with Gasteiger partial charge in [-0.15, -0.1) is 0 Å². The molecule has 6 rings (SSSR count). The molecule has 0 spiro atoms. The quantitative estimate of drug-likeness (QED) is 0.0728. The maximum Gasteiger partial charge on any atom is 0.356 e. The van der Waals surface area contributed by atoms with Gasteiger partial charge in [-0.25, -0.2) is 29.9 Å². The van der Waals surface area contributed by atoms with Crippen LogP contribution in [0.15, 0.2) is 146 Å². The first-order chi connectivity index (χ1) is 22.5. The largest absolute Gasteiger partial charge is 0.356 e. The third-order valence-electron chi connectivity index (χ3n) is 5.62. The van der Waals surface area contributed by atoms with Gasteiger partial charge in [0.25, 0.3) is 0 Å². The molecule has 0 aliphatic heterocycles. The van der Waals surface area contributed by atoms with E-state index in [1.54, 1.807) is 146 Å². The van der Waals surface area contributed by atoms with Crippen molar-refractivity contribution < 1.29 is 9.13 Å². The molecule has 16 heteroatoms. The lowest BCUT2D eigenvalue weighted by Gasteiger charge is -2.22. The maximum atomic E-state index is 13.3. The third kappa shape index (κ3) is 10.1. The molecule has 0 bridgehead atoms. The van der Waals surface area contributed by atoms with Crippen LogP contribution in [-0.4, -0.2) is 29.9 Å². The van der Waals surface area contributed by atoms with Crippen molar-refractivity contribution >= 4 is 50.1 Å². The lowest BCUT2D eigenvalue weighted by Crippen LogP contribution is -2.15. The second-order valence-electron chi connectivity index (χ2n) is 9.18. The van der Waals surface area contributed by atoms with Gasteiger partial charge in [-0.05, 0) is 72.8 Å². The van der Waals surface area contributed by atoms with Gasteiger partial charge < -0.3 is 0 Å². The number of pyridine rings is 6. The fourth-order valence-corrected chi connectivity index (χ4v) is 6.77. The van der Waals surface area contributed by atoms with Gasteiger partial charge in [-0.2, -0.15) is 0 Å². The summed E-state index contributed by atoms with van der Waals surface area (Å²) in [6.07, 6.45) is 9.72. The molecule has 0 aliphatic rings. The third-order valence-corrected chi connectivity index (χ3v) is 8.89. The minimum absolute atomic E-state index is 0.475. The van der Waals surface area contributed by atoms with Crippen LogP contribution >= 0.6 is 15.2 Å². The Balaban J connectivity index is 0.000000181. The van der Waals surface area contributed by atoms with Crippen LogP contribution in [0.25, 0.3) is 0 Å². The summed E-state index contributed by atoms with van der Waals surface area (Å²) < 4.78 is 26.5. The Kier molecular flexibility index (Phi) is 10.8. The lowest BCUT2D eigenvalue weighted by molar-refractivity contribution is 0.583. The zero-order chi connectivity index (χ0) is 31.9. The Hall–Kier alpha value is -5.84. The molecule has 0 saturated heterocycles. The van der Waals surface area contributed by atoms with Crippen LogP contribution in [-0.2, 0) is 9.13 Å². The van der Waals surface area contributed by atoms with Gasteiger partial charge in [0.05, 0.1) is 0 Å². The van der Waals surface area contributed by atoms with E-state index in [9.17, 15) is 9.13 Å². The summed E-state index contributed by atoms with van der Waals surface area (Å²) in [6.45, 7) is 0. The van der Waals surface area contributed by atoms with Crippen LogP contribution < -0.4 is 30.5 Å². The molecule has 0 aliphatic carbocycles. The molecule has 6 heterocycles. The van der Waals surface area contributed by atoms with E-state index in [0.717, 1.165) is 0 Å². The number of aromatic nitrogens is 6. The Morgan fingerprint density at radius 1 is 0.304 bits per heavy atom. The summed E-state index contributed by atoms with van der Waals surface area (Å²) in [4.78, 5) is 24.9. The van der Waals surface area contributed by atoms with Crippen LogP contribution in [0.5, 0.6) is 0 Å². The summed E-state index contributed by atoms with van der Waals surface area (Å²) in [5, 5.41) is 17.4. The molecule has 46 heavy (non-hydrogen) atoms. The van der Waals surface area contributed by atoms with Crippen molar-refractivity contribution in [2.75, 3.05) is 30.5 Å². The van der Waals surface area contributed by atoms with Gasteiger partial charge in [-0.1, -0.05) is 36.4 Å². The van der Waals surface area contributed by atoms with Crippen LogP contribution in [0.1, 0.15) is 0 Å². The van der Waals surface area contributed by atoms with Crippen LogP contribution in [0.2, 0.25) is 0 Å². The molecule has 232 valence electrons. The lowest BCUT2D eigenvalue weighted by atomic mass is 10.5. The zero-order valence-electron chi connectivity index (χ0n) is 24.3. The molecule has 14 nitrogen and oxygen atoms in total. The van der Waals surface area contributed by atoms with E-state index >= 15 is 0 Å². The molecule has 6 aromatic heterocycles. The van der Waals surface area contributed by atoms with Crippen molar-refractivity contribution in [1.82, 2.24) is 29.9 Å². The first-order valence-electron chi connectivity index (χ1n) is 13.8. The summed E-state index contributed by atoms with van der Waals surface area (Å²) >= 11 is 0. The first kappa shape index (κ1) is 31.6. The van der Waals surface area contributed by atoms with Crippen molar-refractivity contribution in [1.29, 1.82) is 0 Å². The molecule has 0 atom stereocenters. The minimum Gasteiger partial charge on any atom is -0.288 e. The second kappa shape index (κ2) is 15.8. The van der Waals surface area contributed by atoms with Gasteiger partial charge in [0.1, 0.15) is 34.9 Å². The van der Waals surface area contributed by atoms with Gasteiger partial charge in [-0.3, -0.25) is 39.7 Å². The average molecular weight is 653 g/mol. The molecule has 6 aromatic rings. The fourth-order valence-electron chi connectivity index (χ4n) is 3.71. The molecule has 0 unspecified atom stereocenters. The van der Waals surface area contributed by atoms with Crippen molar-refractivity contribution in [3.8, 4) is 0 Å². The average Bonchev–Trinajstić information content (AvgIpc) is 3.07. The second-order valence-corrected chi connectivity index (χ2v) is 13.0. The molecule has 0 aromatic carbocycles. The number of hydrogen-bond donors (Lipinski definition) is 6. The normalized spacial score (nSPS) is 10.8.